The molecule has 0 fully saturated rings. The number of benzene rings is 2. The standard InChI is InChI=1S/2C6H5.C5H5.C3H8O.Zr/c2*1-2-4-6-5-3-1;1-2-4-5-3-1;1-3(2)4;/h2*1-5H;1-5H;3-4H,1-2H3;/q3*-1;;+3. The van der Waals surface area contributed by atoms with Crippen LogP contribution in [0.25, 0.3) is 0 Å². The zero-order valence-corrected chi connectivity index (χ0v) is 15.6. The summed E-state index contributed by atoms with van der Waals surface area (Å²) in [5, 5.41) is 8.06. The molecule has 2 heteroatoms. The van der Waals surface area contributed by atoms with Crippen molar-refractivity contribution < 1.29 is 31.3 Å². The molecule has 3 aromatic rings. The van der Waals surface area contributed by atoms with Crippen molar-refractivity contribution in [3.63, 3.8) is 0 Å². The Kier molecular flexibility index (Phi) is 20.4. The molecule has 1 N–H and O–H groups in total. The van der Waals surface area contributed by atoms with Gasteiger partial charge in [-0.1, -0.05) is 0 Å². The van der Waals surface area contributed by atoms with E-state index in [9.17, 15) is 0 Å². The van der Waals surface area contributed by atoms with Crippen LogP contribution in [0.3, 0.4) is 0 Å². The van der Waals surface area contributed by atoms with Gasteiger partial charge in [-0.05, 0) is 13.8 Å². The van der Waals surface area contributed by atoms with Crippen LogP contribution in [0.5, 0.6) is 0 Å². The second kappa shape index (κ2) is 19.6. The molecule has 3 aromatic carbocycles. The topological polar surface area (TPSA) is 20.2 Å². The SMILES string of the molecule is CC(C)O.[Zr+3].[c-]1ccccc1.[c-]1ccccc1.c1cc[cH-]c1. The molecule has 0 unspecified atom stereocenters. The fourth-order valence-electron chi connectivity index (χ4n) is 1.00. The number of aliphatic hydroxyl groups is 1. The molecule has 1 radical (unpaired) electrons. The van der Waals surface area contributed by atoms with E-state index < -0.39 is 0 Å². The van der Waals surface area contributed by atoms with Crippen molar-refractivity contribution in [1.29, 1.82) is 0 Å². The van der Waals surface area contributed by atoms with Crippen LogP contribution in [0.1, 0.15) is 13.8 Å². The third-order valence-electron chi connectivity index (χ3n) is 1.77. The van der Waals surface area contributed by atoms with Gasteiger partial charge >= 0.3 is 26.2 Å². The average Bonchev–Trinajstić information content (AvgIpc) is 3.10. The number of hydrogen-bond donors (Lipinski definition) is 1. The van der Waals surface area contributed by atoms with Crippen molar-refractivity contribution in [2.24, 2.45) is 0 Å². The van der Waals surface area contributed by atoms with Crippen LogP contribution in [0.15, 0.2) is 91.0 Å². The molecule has 0 amide bonds. The molecule has 0 spiro atoms. The summed E-state index contributed by atoms with van der Waals surface area (Å²) in [5.41, 5.74) is 0. The molecule has 0 heterocycles. The van der Waals surface area contributed by atoms with Crippen molar-refractivity contribution in [1.82, 2.24) is 0 Å². The van der Waals surface area contributed by atoms with Crippen LogP contribution in [-0.4, -0.2) is 11.2 Å². The van der Waals surface area contributed by atoms with Gasteiger partial charge < -0.3 is 5.11 Å². The van der Waals surface area contributed by atoms with Gasteiger partial charge in [-0.15, -0.1) is 0 Å². The van der Waals surface area contributed by atoms with E-state index in [1.807, 2.05) is 91.0 Å². The smallest absolute Gasteiger partial charge is 0.394 e. The molecule has 0 atom stereocenters. The summed E-state index contributed by atoms with van der Waals surface area (Å²) < 4.78 is 0. The Morgan fingerprint density at radius 3 is 1.09 bits per heavy atom. The minimum atomic E-state index is -0.167. The van der Waals surface area contributed by atoms with Crippen molar-refractivity contribution >= 4 is 0 Å². The number of hydrogen-bond acceptors (Lipinski definition) is 1. The van der Waals surface area contributed by atoms with E-state index in [0.717, 1.165) is 0 Å². The Labute approximate surface area is 154 Å². The van der Waals surface area contributed by atoms with Crippen LogP contribution in [0, 0.1) is 12.1 Å². The van der Waals surface area contributed by atoms with E-state index in [0.29, 0.717) is 0 Å². The second-order valence-electron chi connectivity index (χ2n) is 4.21. The van der Waals surface area contributed by atoms with E-state index in [1.165, 1.54) is 0 Å². The van der Waals surface area contributed by atoms with Gasteiger partial charge in [0.05, 0.1) is 0 Å². The monoisotopic (exact) mass is 369 g/mol. The summed E-state index contributed by atoms with van der Waals surface area (Å²) in [4.78, 5) is 0. The largest absolute Gasteiger partial charge is 3.00 e. The van der Waals surface area contributed by atoms with Gasteiger partial charge in [-0.25, -0.2) is 12.1 Å². The summed E-state index contributed by atoms with van der Waals surface area (Å²) in [6.07, 6.45) is -0.167. The molecule has 0 aliphatic rings. The Balaban J connectivity index is 0. The van der Waals surface area contributed by atoms with Gasteiger partial charge in [0.2, 0.25) is 0 Å². The molecule has 1 nitrogen and oxygen atoms in total. The molecule has 0 saturated heterocycles. The van der Waals surface area contributed by atoms with Gasteiger partial charge in [0.1, 0.15) is 0 Å². The maximum atomic E-state index is 8.06. The molecule has 0 bridgehead atoms. The first-order chi connectivity index (χ1) is 10.2. The van der Waals surface area contributed by atoms with Crippen molar-refractivity contribution in [3.05, 3.63) is 103 Å². The zero-order chi connectivity index (χ0) is 15.6. The van der Waals surface area contributed by atoms with E-state index in [-0.39, 0.29) is 32.3 Å². The quantitative estimate of drug-likeness (QED) is 0.566. The summed E-state index contributed by atoms with van der Waals surface area (Å²) in [7, 11) is 0. The maximum absolute atomic E-state index is 8.06. The van der Waals surface area contributed by atoms with Crippen LogP contribution in [0.4, 0.5) is 0 Å². The van der Waals surface area contributed by atoms with Gasteiger partial charge in [-0.3, -0.25) is 0 Å². The molecular formula is C20H23OZr. The Morgan fingerprint density at radius 2 is 1.00 bits per heavy atom. The minimum absolute atomic E-state index is 0. The normalized spacial score (nSPS) is 7.82. The zero-order valence-electron chi connectivity index (χ0n) is 13.2. The van der Waals surface area contributed by atoms with E-state index in [4.69, 9.17) is 5.11 Å². The summed E-state index contributed by atoms with van der Waals surface area (Å²) in [6.45, 7) is 3.44. The molecule has 3 rings (SSSR count). The molecule has 0 aliphatic heterocycles. The number of rotatable bonds is 0. The van der Waals surface area contributed by atoms with Gasteiger partial charge in [-0.2, -0.15) is 91.0 Å². The third kappa shape index (κ3) is 23.7. The summed E-state index contributed by atoms with van der Waals surface area (Å²) in [5.74, 6) is 0. The first-order valence-electron chi connectivity index (χ1n) is 6.90. The van der Waals surface area contributed by atoms with E-state index in [1.54, 1.807) is 13.8 Å². The number of aliphatic hydroxyl groups excluding tert-OH is 1. The molecule has 0 aromatic heterocycles. The molecule has 22 heavy (non-hydrogen) atoms. The molecule has 0 saturated carbocycles. The molecular weight excluding hydrogens is 347 g/mol. The predicted octanol–water partition coefficient (Wildman–Crippen LogP) is 4.76. The summed E-state index contributed by atoms with van der Waals surface area (Å²) >= 11 is 0. The van der Waals surface area contributed by atoms with Crippen LogP contribution < -0.4 is 0 Å². The summed E-state index contributed by atoms with van der Waals surface area (Å²) in [6, 6.07) is 35.0. The van der Waals surface area contributed by atoms with Crippen LogP contribution in [-0.2, 0) is 26.2 Å². The third-order valence-corrected chi connectivity index (χ3v) is 1.77. The van der Waals surface area contributed by atoms with Crippen molar-refractivity contribution in [2.45, 2.75) is 20.0 Å². The maximum Gasteiger partial charge on any atom is 3.00 e. The van der Waals surface area contributed by atoms with E-state index >= 15 is 0 Å². The minimum Gasteiger partial charge on any atom is -0.394 e. The van der Waals surface area contributed by atoms with E-state index in [2.05, 4.69) is 12.1 Å². The molecule has 113 valence electrons. The Hall–Kier alpha value is -1.37. The fourth-order valence-corrected chi connectivity index (χ4v) is 1.00. The predicted molar refractivity (Wildman–Crippen MR) is 89.9 cm³/mol. The Morgan fingerprint density at radius 1 is 0.682 bits per heavy atom. The fraction of sp³-hybridized carbons (Fsp3) is 0.150. The Bertz CT molecular complexity index is 359. The van der Waals surface area contributed by atoms with Gasteiger partial charge in [0.25, 0.3) is 0 Å². The average molecular weight is 371 g/mol. The molecule has 0 aliphatic carbocycles. The van der Waals surface area contributed by atoms with Gasteiger partial charge in [0.15, 0.2) is 0 Å². The first-order valence-corrected chi connectivity index (χ1v) is 6.90. The second-order valence-corrected chi connectivity index (χ2v) is 4.21. The first kappa shape index (κ1) is 22.9. The van der Waals surface area contributed by atoms with Crippen LogP contribution in [0.2, 0.25) is 0 Å². The van der Waals surface area contributed by atoms with Crippen molar-refractivity contribution in [3.8, 4) is 0 Å². The van der Waals surface area contributed by atoms with Crippen LogP contribution >= 0.6 is 0 Å². The van der Waals surface area contributed by atoms with Crippen molar-refractivity contribution in [2.75, 3.05) is 0 Å². The van der Waals surface area contributed by atoms with Gasteiger partial charge in [0, 0.05) is 6.10 Å².